The summed E-state index contributed by atoms with van der Waals surface area (Å²) in [5, 5.41) is 2.90. The molecule has 0 aliphatic rings. The van der Waals surface area contributed by atoms with E-state index in [-0.39, 0.29) is 5.91 Å². The predicted octanol–water partition coefficient (Wildman–Crippen LogP) is 4.12. The highest BCUT2D eigenvalue weighted by Gasteiger charge is 2.07. The molecule has 0 aromatic carbocycles. The summed E-state index contributed by atoms with van der Waals surface area (Å²) in [6.45, 7) is 4.90. The van der Waals surface area contributed by atoms with E-state index in [4.69, 9.17) is 30.5 Å². The van der Waals surface area contributed by atoms with Crippen LogP contribution < -0.4 is 10.2 Å². The van der Waals surface area contributed by atoms with Crippen molar-refractivity contribution < 1.29 is 23.7 Å². The number of aryl methyl sites for hydroxylation is 1. The maximum absolute atomic E-state index is 12.2. The third kappa shape index (κ3) is 15.8. The molecule has 0 atom stereocenters. The Morgan fingerprint density at radius 3 is 2.05 bits per heavy atom. The number of hydrogen-bond acceptors (Lipinski definition) is 8. The number of halogens is 1. The van der Waals surface area contributed by atoms with Gasteiger partial charge in [-0.25, -0.2) is 0 Å². The summed E-state index contributed by atoms with van der Waals surface area (Å²) in [6, 6.07) is 7.88. The van der Waals surface area contributed by atoms with Gasteiger partial charge in [-0.2, -0.15) is 0 Å². The summed E-state index contributed by atoms with van der Waals surface area (Å²) in [5.74, 6) is 0.734. The summed E-state index contributed by atoms with van der Waals surface area (Å²) in [7, 11) is 3.98. The van der Waals surface area contributed by atoms with Crippen molar-refractivity contribution >= 4 is 23.2 Å². The molecule has 0 aliphatic heterocycles. The number of alkyl halides is 1. The number of hydrogen-bond donors (Lipinski definition) is 1. The topological polar surface area (TPSA) is 95.0 Å². The normalized spacial score (nSPS) is 11.1. The molecule has 2 rings (SSSR count). The number of pyridine rings is 2. The van der Waals surface area contributed by atoms with Crippen molar-refractivity contribution in [3.63, 3.8) is 0 Å². The summed E-state index contributed by atoms with van der Waals surface area (Å²) in [6.07, 6.45) is 9.05. The van der Waals surface area contributed by atoms with Gasteiger partial charge in [-0.15, -0.1) is 11.6 Å². The van der Waals surface area contributed by atoms with Crippen molar-refractivity contribution in [1.82, 2.24) is 15.3 Å². The van der Waals surface area contributed by atoms with Gasteiger partial charge in [-0.3, -0.25) is 14.8 Å². The molecule has 9 nitrogen and oxygen atoms in total. The summed E-state index contributed by atoms with van der Waals surface area (Å²) in [5.41, 5.74) is 3.72. The van der Waals surface area contributed by atoms with Crippen molar-refractivity contribution in [1.29, 1.82) is 0 Å². The number of amides is 1. The molecule has 10 heteroatoms. The second-order valence-corrected chi connectivity index (χ2v) is 9.62. The van der Waals surface area contributed by atoms with Crippen LogP contribution in [0.2, 0.25) is 0 Å². The second kappa shape index (κ2) is 21.5. The lowest BCUT2D eigenvalue weighted by Gasteiger charge is -2.13. The van der Waals surface area contributed by atoms with E-state index in [1.807, 2.05) is 43.3 Å². The molecule has 0 saturated heterocycles. The molecule has 0 radical (unpaired) electrons. The van der Waals surface area contributed by atoms with Gasteiger partial charge >= 0.3 is 0 Å². The SMILES string of the molecule is CN(C)c1ccnc(-c2cc(CCC(=O)NCCOCCOCCOCCOCCCCCCCl)ccn2)c1. The van der Waals surface area contributed by atoms with E-state index in [1.54, 1.807) is 12.4 Å². The predicted molar refractivity (Wildman–Crippen MR) is 156 cm³/mol. The van der Waals surface area contributed by atoms with Crippen LogP contribution in [0.25, 0.3) is 11.4 Å². The van der Waals surface area contributed by atoms with E-state index in [1.165, 1.54) is 6.42 Å². The molecular formula is C29H45ClN4O5. The maximum Gasteiger partial charge on any atom is 0.220 e. The second-order valence-electron chi connectivity index (χ2n) is 9.25. The molecule has 2 heterocycles. The number of carbonyl (C=O) groups is 1. The Morgan fingerprint density at radius 1 is 0.795 bits per heavy atom. The van der Waals surface area contributed by atoms with Gasteiger partial charge in [0, 0.05) is 57.6 Å². The molecular weight excluding hydrogens is 520 g/mol. The molecule has 218 valence electrons. The smallest absolute Gasteiger partial charge is 0.220 e. The highest BCUT2D eigenvalue weighted by atomic mass is 35.5. The van der Waals surface area contributed by atoms with Crippen molar-refractivity contribution in [2.24, 2.45) is 0 Å². The van der Waals surface area contributed by atoms with E-state index >= 15 is 0 Å². The number of unbranched alkanes of at least 4 members (excludes halogenated alkanes) is 3. The molecule has 1 amide bonds. The average molecular weight is 565 g/mol. The fourth-order valence-electron chi connectivity index (χ4n) is 3.63. The number of rotatable bonds is 23. The van der Waals surface area contributed by atoms with Gasteiger partial charge in [0.1, 0.15) is 0 Å². The van der Waals surface area contributed by atoms with Crippen LogP contribution in [-0.2, 0) is 30.2 Å². The first-order valence-corrected chi connectivity index (χ1v) is 14.4. The summed E-state index contributed by atoms with van der Waals surface area (Å²) >= 11 is 5.65. The lowest BCUT2D eigenvalue weighted by Crippen LogP contribution is -2.27. The Balaban J connectivity index is 1.43. The number of carbonyl (C=O) groups excluding carboxylic acids is 1. The minimum atomic E-state index is -0.00612. The lowest BCUT2D eigenvalue weighted by molar-refractivity contribution is -0.121. The Kier molecular flexibility index (Phi) is 18.2. The molecule has 2 aromatic rings. The van der Waals surface area contributed by atoms with Crippen molar-refractivity contribution in [3.8, 4) is 11.4 Å². The average Bonchev–Trinajstić information content (AvgIpc) is 2.95. The quantitative estimate of drug-likeness (QED) is 0.159. The van der Waals surface area contributed by atoms with Gasteiger partial charge in [-0.1, -0.05) is 12.8 Å². The van der Waals surface area contributed by atoms with Crippen LogP contribution in [0.15, 0.2) is 36.7 Å². The van der Waals surface area contributed by atoms with E-state index in [9.17, 15) is 4.79 Å². The zero-order valence-electron chi connectivity index (χ0n) is 23.5. The van der Waals surface area contributed by atoms with Crippen LogP contribution in [0, 0.1) is 0 Å². The third-order valence-electron chi connectivity index (χ3n) is 5.84. The Labute approximate surface area is 238 Å². The Morgan fingerprint density at radius 2 is 1.38 bits per heavy atom. The summed E-state index contributed by atoms with van der Waals surface area (Å²) in [4.78, 5) is 23.1. The lowest BCUT2D eigenvalue weighted by atomic mass is 10.1. The highest BCUT2D eigenvalue weighted by Crippen LogP contribution is 2.20. The number of nitrogens with zero attached hydrogens (tertiary/aromatic N) is 3. The zero-order chi connectivity index (χ0) is 28.0. The zero-order valence-corrected chi connectivity index (χ0v) is 24.3. The van der Waals surface area contributed by atoms with Gasteiger partial charge in [0.15, 0.2) is 0 Å². The first-order valence-electron chi connectivity index (χ1n) is 13.8. The van der Waals surface area contributed by atoms with E-state index in [0.717, 1.165) is 54.4 Å². The monoisotopic (exact) mass is 564 g/mol. The number of ether oxygens (including phenoxy) is 4. The first kappa shape index (κ1) is 32.9. The van der Waals surface area contributed by atoms with Crippen molar-refractivity contribution in [3.05, 3.63) is 42.2 Å². The van der Waals surface area contributed by atoms with Crippen LogP contribution in [0.4, 0.5) is 5.69 Å². The van der Waals surface area contributed by atoms with E-state index in [2.05, 4.69) is 15.3 Å². The van der Waals surface area contributed by atoms with Crippen molar-refractivity contribution in [2.75, 3.05) is 84.3 Å². The number of aromatic nitrogens is 2. The maximum atomic E-state index is 12.2. The molecule has 0 unspecified atom stereocenters. The minimum absolute atomic E-state index is 0.00612. The van der Waals surface area contributed by atoms with Gasteiger partial charge in [0.2, 0.25) is 5.91 Å². The van der Waals surface area contributed by atoms with Crippen LogP contribution in [0.3, 0.4) is 0 Å². The standard InChI is InChI=1S/C29H45ClN4O5/c1-34(2)26-10-13-32-28(24-26)27-23-25(9-12-31-27)7-8-29(35)33-14-16-37-18-20-39-22-21-38-19-17-36-15-6-4-3-5-11-30/h9-10,12-13,23-24H,3-8,11,14-22H2,1-2H3,(H,33,35). The molecule has 0 spiro atoms. The van der Waals surface area contributed by atoms with Crippen LogP contribution >= 0.6 is 11.6 Å². The first-order chi connectivity index (χ1) is 19.1. The third-order valence-corrected chi connectivity index (χ3v) is 6.11. The largest absolute Gasteiger partial charge is 0.379 e. The molecule has 0 fully saturated rings. The molecule has 2 aromatic heterocycles. The molecule has 1 N–H and O–H groups in total. The van der Waals surface area contributed by atoms with Gasteiger partial charge in [0.05, 0.1) is 57.6 Å². The molecule has 0 aliphatic carbocycles. The molecule has 0 bridgehead atoms. The fourth-order valence-corrected chi connectivity index (χ4v) is 3.82. The van der Waals surface area contributed by atoms with Gasteiger partial charge < -0.3 is 29.2 Å². The van der Waals surface area contributed by atoms with E-state index in [0.29, 0.717) is 65.6 Å². The minimum Gasteiger partial charge on any atom is -0.379 e. The Hall–Kier alpha value is -2.30. The molecule has 39 heavy (non-hydrogen) atoms. The number of nitrogens with one attached hydrogen (secondary N) is 1. The van der Waals surface area contributed by atoms with Crippen LogP contribution in [-0.4, -0.2) is 95.3 Å². The number of anilines is 1. The van der Waals surface area contributed by atoms with Crippen molar-refractivity contribution in [2.45, 2.75) is 38.5 Å². The fraction of sp³-hybridized carbons (Fsp3) is 0.621. The Bertz CT molecular complexity index is 919. The van der Waals surface area contributed by atoms with E-state index < -0.39 is 0 Å². The van der Waals surface area contributed by atoms with Gasteiger partial charge in [0.25, 0.3) is 0 Å². The van der Waals surface area contributed by atoms with Crippen LogP contribution in [0.5, 0.6) is 0 Å². The van der Waals surface area contributed by atoms with Gasteiger partial charge in [-0.05, 0) is 49.1 Å². The highest BCUT2D eigenvalue weighted by molar-refractivity contribution is 6.17. The molecule has 0 saturated carbocycles. The van der Waals surface area contributed by atoms with Crippen LogP contribution in [0.1, 0.15) is 37.7 Å². The summed E-state index contributed by atoms with van der Waals surface area (Å²) < 4.78 is 22.0.